The number of aromatic amines is 1. The largest absolute Gasteiger partial charge is 0.497 e. The van der Waals surface area contributed by atoms with Crippen LogP contribution in [0.5, 0.6) is 5.75 Å². The highest BCUT2D eigenvalue weighted by atomic mass is 35.5. The van der Waals surface area contributed by atoms with E-state index in [1.165, 1.54) is 0 Å². The van der Waals surface area contributed by atoms with Gasteiger partial charge in [-0.15, -0.1) is 0 Å². The molecule has 138 valence electrons. The Morgan fingerprint density at radius 1 is 1.00 bits per heavy atom. The van der Waals surface area contributed by atoms with Crippen molar-refractivity contribution in [3.63, 3.8) is 0 Å². The first-order valence-corrected chi connectivity index (χ1v) is 9.06. The minimum absolute atomic E-state index is 0.300. The van der Waals surface area contributed by atoms with Gasteiger partial charge in [-0.2, -0.15) is 5.10 Å². The SMILES string of the molecule is COc1ccc(Cn2cc3nc(-c4nc5ccccc5[nH]4)nc(Cl)c3n2)cc1. The molecule has 0 amide bonds. The second-order valence-corrected chi connectivity index (χ2v) is 6.71. The van der Waals surface area contributed by atoms with Gasteiger partial charge in [0.15, 0.2) is 16.8 Å². The molecule has 0 fully saturated rings. The molecular weight excluding hydrogens is 376 g/mol. The summed E-state index contributed by atoms with van der Waals surface area (Å²) in [6, 6.07) is 15.6. The van der Waals surface area contributed by atoms with Gasteiger partial charge in [0.05, 0.1) is 30.9 Å². The molecule has 28 heavy (non-hydrogen) atoms. The minimum Gasteiger partial charge on any atom is -0.497 e. The van der Waals surface area contributed by atoms with E-state index in [4.69, 9.17) is 16.3 Å². The van der Waals surface area contributed by atoms with Crippen LogP contribution in [0.15, 0.2) is 54.7 Å². The zero-order valence-corrected chi connectivity index (χ0v) is 15.7. The monoisotopic (exact) mass is 390 g/mol. The smallest absolute Gasteiger partial charge is 0.197 e. The van der Waals surface area contributed by atoms with Crippen LogP contribution in [0.1, 0.15) is 5.56 Å². The van der Waals surface area contributed by atoms with Gasteiger partial charge in [-0.3, -0.25) is 4.68 Å². The fraction of sp³-hybridized carbons (Fsp3) is 0.100. The first kappa shape index (κ1) is 16.7. The Morgan fingerprint density at radius 2 is 1.82 bits per heavy atom. The summed E-state index contributed by atoms with van der Waals surface area (Å²) in [4.78, 5) is 16.7. The number of methoxy groups -OCH3 is 1. The quantitative estimate of drug-likeness (QED) is 0.467. The Bertz CT molecular complexity index is 1260. The van der Waals surface area contributed by atoms with Crippen LogP contribution < -0.4 is 4.74 Å². The van der Waals surface area contributed by atoms with E-state index in [1.54, 1.807) is 11.8 Å². The number of imidazole rings is 1. The number of para-hydroxylation sites is 2. The average Bonchev–Trinajstić information content (AvgIpc) is 3.32. The van der Waals surface area contributed by atoms with Gasteiger partial charge in [0.2, 0.25) is 0 Å². The van der Waals surface area contributed by atoms with E-state index >= 15 is 0 Å². The molecule has 0 unspecified atom stereocenters. The molecule has 0 bridgehead atoms. The fourth-order valence-electron chi connectivity index (χ4n) is 3.09. The second-order valence-electron chi connectivity index (χ2n) is 6.35. The maximum absolute atomic E-state index is 6.38. The summed E-state index contributed by atoms with van der Waals surface area (Å²) in [7, 11) is 1.65. The number of halogens is 1. The lowest BCUT2D eigenvalue weighted by Crippen LogP contribution is -1.99. The van der Waals surface area contributed by atoms with Crippen molar-refractivity contribution >= 4 is 33.7 Å². The third kappa shape index (κ3) is 2.95. The first-order valence-electron chi connectivity index (χ1n) is 8.68. The summed E-state index contributed by atoms with van der Waals surface area (Å²) in [5.74, 6) is 1.84. The summed E-state index contributed by atoms with van der Waals surface area (Å²) < 4.78 is 6.99. The molecule has 5 aromatic rings. The molecule has 0 atom stereocenters. The number of fused-ring (bicyclic) bond motifs is 2. The van der Waals surface area contributed by atoms with Gasteiger partial charge >= 0.3 is 0 Å². The zero-order chi connectivity index (χ0) is 19.1. The van der Waals surface area contributed by atoms with Crippen molar-refractivity contribution in [2.24, 2.45) is 0 Å². The number of hydrogen-bond acceptors (Lipinski definition) is 5. The number of nitrogens with one attached hydrogen (secondary N) is 1. The lowest BCUT2D eigenvalue weighted by Gasteiger charge is -2.03. The Morgan fingerprint density at radius 3 is 2.61 bits per heavy atom. The summed E-state index contributed by atoms with van der Waals surface area (Å²) >= 11 is 6.38. The number of hydrogen-bond donors (Lipinski definition) is 1. The minimum atomic E-state index is 0.300. The van der Waals surface area contributed by atoms with Crippen molar-refractivity contribution in [3.05, 3.63) is 65.4 Å². The van der Waals surface area contributed by atoms with E-state index < -0.39 is 0 Å². The average molecular weight is 391 g/mol. The molecule has 5 rings (SSSR count). The van der Waals surface area contributed by atoms with Gasteiger partial charge in [-0.25, -0.2) is 15.0 Å². The maximum Gasteiger partial charge on any atom is 0.197 e. The van der Waals surface area contributed by atoms with E-state index in [0.29, 0.717) is 34.4 Å². The molecule has 3 heterocycles. The lowest BCUT2D eigenvalue weighted by atomic mass is 10.2. The van der Waals surface area contributed by atoms with Crippen molar-refractivity contribution in [2.75, 3.05) is 7.11 Å². The number of nitrogens with zero attached hydrogens (tertiary/aromatic N) is 5. The van der Waals surface area contributed by atoms with Gasteiger partial charge < -0.3 is 9.72 Å². The molecule has 0 spiro atoms. The van der Waals surface area contributed by atoms with E-state index in [1.807, 2.05) is 54.7 Å². The molecule has 0 radical (unpaired) electrons. The standard InChI is InChI=1S/C20H15ClN6O/c1-28-13-8-6-12(7-9-13)10-27-11-16-17(26-27)18(21)25-20(24-16)19-22-14-4-2-3-5-15(14)23-19/h2-9,11H,10H2,1H3,(H,22,23). The predicted octanol–water partition coefficient (Wildman–Crippen LogP) is 4.08. The van der Waals surface area contributed by atoms with Gasteiger partial charge in [0.25, 0.3) is 0 Å². The van der Waals surface area contributed by atoms with Gasteiger partial charge in [-0.1, -0.05) is 35.9 Å². The first-order chi connectivity index (χ1) is 13.7. The van der Waals surface area contributed by atoms with Crippen LogP contribution >= 0.6 is 11.6 Å². The highest BCUT2D eigenvalue weighted by Crippen LogP contribution is 2.24. The molecular formula is C20H15ClN6O. The number of H-pyrrole nitrogens is 1. The molecule has 0 saturated heterocycles. The molecule has 8 heteroatoms. The van der Waals surface area contributed by atoms with Gasteiger partial charge in [0, 0.05) is 0 Å². The van der Waals surface area contributed by atoms with Crippen molar-refractivity contribution < 1.29 is 4.74 Å². The Balaban J connectivity index is 1.51. The van der Waals surface area contributed by atoms with Crippen molar-refractivity contribution in [1.29, 1.82) is 0 Å². The van der Waals surface area contributed by atoms with Crippen LogP contribution in [-0.4, -0.2) is 36.8 Å². The van der Waals surface area contributed by atoms with Crippen LogP contribution in [-0.2, 0) is 6.54 Å². The van der Waals surface area contributed by atoms with Crippen molar-refractivity contribution in [1.82, 2.24) is 29.7 Å². The van der Waals surface area contributed by atoms with Crippen LogP contribution in [0.4, 0.5) is 0 Å². The Labute approximate surface area is 165 Å². The molecule has 2 aromatic carbocycles. The second kappa shape index (κ2) is 6.61. The molecule has 0 aliphatic heterocycles. The van der Waals surface area contributed by atoms with Crippen LogP contribution in [0, 0.1) is 0 Å². The summed E-state index contributed by atoms with van der Waals surface area (Å²) in [5, 5.41) is 4.83. The normalized spacial score (nSPS) is 11.4. The summed E-state index contributed by atoms with van der Waals surface area (Å²) in [5.41, 5.74) is 4.11. The van der Waals surface area contributed by atoms with Gasteiger partial charge in [-0.05, 0) is 29.8 Å². The van der Waals surface area contributed by atoms with Crippen molar-refractivity contribution in [3.8, 4) is 17.4 Å². The molecule has 7 nitrogen and oxygen atoms in total. The highest BCUT2D eigenvalue weighted by Gasteiger charge is 2.14. The molecule has 1 N–H and O–H groups in total. The summed E-state index contributed by atoms with van der Waals surface area (Å²) in [6.45, 7) is 0.594. The predicted molar refractivity (Wildman–Crippen MR) is 108 cm³/mol. The lowest BCUT2D eigenvalue weighted by molar-refractivity contribution is 0.414. The Kier molecular flexibility index (Phi) is 3.95. The number of ether oxygens (including phenoxy) is 1. The third-order valence-electron chi connectivity index (χ3n) is 4.47. The molecule has 0 aliphatic carbocycles. The number of benzene rings is 2. The third-order valence-corrected chi connectivity index (χ3v) is 4.74. The van der Waals surface area contributed by atoms with Crippen molar-refractivity contribution in [2.45, 2.75) is 6.54 Å². The topological polar surface area (TPSA) is 81.5 Å². The maximum atomic E-state index is 6.38. The zero-order valence-electron chi connectivity index (χ0n) is 14.9. The fourth-order valence-corrected chi connectivity index (χ4v) is 3.30. The molecule has 0 saturated carbocycles. The van der Waals surface area contributed by atoms with Gasteiger partial charge in [0.1, 0.15) is 16.8 Å². The Hall–Kier alpha value is -3.45. The van der Waals surface area contributed by atoms with Crippen LogP contribution in [0.25, 0.3) is 33.7 Å². The number of rotatable bonds is 4. The van der Waals surface area contributed by atoms with E-state index in [-0.39, 0.29) is 0 Å². The highest BCUT2D eigenvalue weighted by molar-refractivity contribution is 6.33. The van der Waals surface area contributed by atoms with Crippen LogP contribution in [0.2, 0.25) is 5.15 Å². The number of aromatic nitrogens is 6. The molecule has 0 aliphatic rings. The molecule has 3 aromatic heterocycles. The van der Waals surface area contributed by atoms with E-state index in [0.717, 1.165) is 22.3 Å². The van der Waals surface area contributed by atoms with Crippen LogP contribution in [0.3, 0.4) is 0 Å². The van der Waals surface area contributed by atoms with E-state index in [9.17, 15) is 0 Å². The van der Waals surface area contributed by atoms with E-state index in [2.05, 4.69) is 25.0 Å². The summed E-state index contributed by atoms with van der Waals surface area (Å²) in [6.07, 6.45) is 1.86.